The number of nitrogens with zero attached hydrogens (tertiary/aromatic N) is 1. The topological polar surface area (TPSA) is 102 Å². The molecule has 1 unspecified atom stereocenters. The summed E-state index contributed by atoms with van der Waals surface area (Å²) in [5, 5.41) is 9.09. The summed E-state index contributed by atoms with van der Waals surface area (Å²) in [4.78, 5) is 33.9. The molecule has 0 aliphatic carbocycles. The summed E-state index contributed by atoms with van der Waals surface area (Å²) in [6, 6.07) is 5.40. The Labute approximate surface area is 105 Å². The summed E-state index contributed by atoms with van der Waals surface area (Å²) in [6.45, 7) is -0.325. The maximum absolute atomic E-state index is 12.0. The van der Waals surface area contributed by atoms with Gasteiger partial charge in [0.15, 0.2) is 0 Å². The minimum atomic E-state index is -1.27. The molecule has 94 valence electrons. The van der Waals surface area contributed by atoms with Crippen molar-refractivity contribution in [2.45, 2.75) is 12.6 Å². The van der Waals surface area contributed by atoms with Crippen LogP contribution in [0, 0.1) is 0 Å². The average molecular weight is 266 g/mol. The number of aliphatic carboxylic acids is 1. The zero-order chi connectivity index (χ0) is 13.3. The van der Waals surface area contributed by atoms with Crippen LogP contribution in [0.2, 0.25) is 0 Å². The van der Waals surface area contributed by atoms with Crippen LogP contribution in [0.4, 0.5) is 0 Å². The molecule has 0 aliphatic rings. The highest BCUT2D eigenvalue weighted by atomic mass is 32.1. The van der Waals surface area contributed by atoms with Crippen LogP contribution < -0.4 is 16.2 Å². The largest absolute Gasteiger partial charge is 0.480 e. The van der Waals surface area contributed by atoms with Crippen LogP contribution in [0.5, 0.6) is 0 Å². The summed E-state index contributed by atoms with van der Waals surface area (Å²) < 4.78 is 1.44. The van der Waals surface area contributed by atoms with Crippen molar-refractivity contribution in [2.24, 2.45) is 5.73 Å². The van der Waals surface area contributed by atoms with E-state index in [0.29, 0.717) is 10.1 Å². The van der Waals surface area contributed by atoms with Crippen molar-refractivity contribution in [3.63, 3.8) is 0 Å². The Morgan fingerprint density at radius 3 is 2.72 bits per heavy atom. The molecule has 0 aliphatic heterocycles. The first-order valence-corrected chi connectivity index (χ1v) is 5.93. The Balaban J connectivity index is 2.62. The summed E-state index contributed by atoms with van der Waals surface area (Å²) >= 11 is 0.895. The first-order chi connectivity index (χ1) is 8.50. The van der Waals surface area contributed by atoms with Gasteiger partial charge in [-0.25, -0.2) is 0 Å². The Morgan fingerprint density at radius 2 is 2.06 bits per heavy atom. The lowest BCUT2D eigenvalue weighted by Crippen LogP contribution is -2.42. The van der Waals surface area contributed by atoms with Gasteiger partial charge >= 0.3 is 10.8 Å². The molecule has 0 amide bonds. The van der Waals surface area contributed by atoms with Crippen LogP contribution >= 0.6 is 11.3 Å². The smallest absolute Gasteiger partial charge is 0.322 e. The van der Waals surface area contributed by atoms with E-state index >= 15 is 0 Å². The molecule has 0 fully saturated rings. The number of hydrogen-bond donors (Lipinski definition) is 2. The number of fused-ring (bicyclic) bond motifs is 1. The van der Waals surface area contributed by atoms with Crippen LogP contribution in [0.15, 0.2) is 33.9 Å². The summed E-state index contributed by atoms with van der Waals surface area (Å²) in [6.07, 6.45) is 0. The Kier molecular flexibility index (Phi) is 3.26. The van der Waals surface area contributed by atoms with E-state index in [1.165, 1.54) is 0 Å². The van der Waals surface area contributed by atoms with Crippen molar-refractivity contribution >= 4 is 27.4 Å². The Hall–Kier alpha value is -1.99. The monoisotopic (exact) mass is 266 g/mol. The molecule has 2 rings (SSSR count). The third-order valence-corrected chi connectivity index (χ3v) is 3.45. The van der Waals surface area contributed by atoms with Crippen molar-refractivity contribution < 1.29 is 9.90 Å². The van der Waals surface area contributed by atoms with Gasteiger partial charge in [0.1, 0.15) is 6.04 Å². The number of hydrogen-bond acceptors (Lipinski definition) is 5. The van der Waals surface area contributed by atoms with Crippen molar-refractivity contribution in [3.05, 3.63) is 44.3 Å². The normalized spacial score (nSPS) is 12.5. The average Bonchev–Trinajstić information content (AvgIpc) is 2.34. The molecule has 1 heterocycles. The first-order valence-electron chi connectivity index (χ1n) is 5.12. The molecule has 18 heavy (non-hydrogen) atoms. The van der Waals surface area contributed by atoms with Crippen LogP contribution in [0.25, 0.3) is 10.1 Å². The zero-order valence-electron chi connectivity index (χ0n) is 9.20. The highest BCUT2D eigenvalue weighted by Gasteiger charge is 2.16. The van der Waals surface area contributed by atoms with Gasteiger partial charge in [-0.15, -0.1) is 0 Å². The van der Waals surface area contributed by atoms with Crippen LogP contribution in [0.1, 0.15) is 0 Å². The van der Waals surface area contributed by atoms with Gasteiger partial charge in [-0.3, -0.25) is 19.0 Å². The second kappa shape index (κ2) is 4.71. The van der Waals surface area contributed by atoms with Crippen LogP contribution in [-0.2, 0) is 11.3 Å². The predicted molar refractivity (Wildman–Crippen MR) is 68.0 cm³/mol. The van der Waals surface area contributed by atoms with Gasteiger partial charge in [0.25, 0.3) is 5.56 Å². The predicted octanol–water partition coefficient (Wildman–Crippen LogP) is -0.165. The van der Waals surface area contributed by atoms with Gasteiger partial charge in [0.2, 0.25) is 0 Å². The van der Waals surface area contributed by atoms with E-state index in [9.17, 15) is 14.4 Å². The van der Waals surface area contributed by atoms with Crippen molar-refractivity contribution in [1.29, 1.82) is 0 Å². The van der Waals surface area contributed by atoms with E-state index < -0.39 is 22.4 Å². The number of carbonyl (C=O) groups is 1. The lowest BCUT2D eigenvalue weighted by Gasteiger charge is -2.08. The number of nitrogens with two attached hydrogens (primary N) is 1. The molecule has 1 aromatic heterocycles. The van der Waals surface area contributed by atoms with Crippen molar-refractivity contribution in [1.82, 2.24) is 4.57 Å². The van der Waals surface area contributed by atoms with E-state index in [1.807, 2.05) is 0 Å². The van der Waals surface area contributed by atoms with Gasteiger partial charge < -0.3 is 10.8 Å². The molecule has 0 saturated heterocycles. The SMILES string of the molecule is NC(Cn1c(=O)sc2ccccc2c1=O)C(=O)O. The van der Waals surface area contributed by atoms with Gasteiger partial charge in [-0.1, -0.05) is 23.5 Å². The molecule has 0 spiro atoms. The number of carboxylic acids is 1. The maximum atomic E-state index is 12.0. The van der Waals surface area contributed by atoms with E-state index in [0.717, 1.165) is 15.9 Å². The van der Waals surface area contributed by atoms with E-state index in [1.54, 1.807) is 24.3 Å². The highest BCUT2D eigenvalue weighted by molar-refractivity contribution is 7.16. The first kappa shape index (κ1) is 12.5. The molecule has 2 aromatic rings. The van der Waals surface area contributed by atoms with E-state index in [-0.39, 0.29) is 6.54 Å². The maximum Gasteiger partial charge on any atom is 0.322 e. The van der Waals surface area contributed by atoms with Gasteiger partial charge in [0, 0.05) is 4.70 Å². The second-order valence-corrected chi connectivity index (χ2v) is 4.72. The van der Waals surface area contributed by atoms with Gasteiger partial charge in [0.05, 0.1) is 11.9 Å². The third kappa shape index (κ3) is 2.18. The van der Waals surface area contributed by atoms with Gasteiger partial charge in [-0.2, -0.15) is 0 Å². The molecule has 1 atom stereocenters. The third-order valence-electron chi connectivity index (χ3n) is 2.48. The summed E-state index contributed by atoms with van der Waals surface area (Å²) in [5.74, 6) is -1.25. The fourth-order valence-electron chi connectivity index (χ4n) is 1.54. The van der Waals surface area contributed by atoms with E-state index in [2.05, 4.69) is 0 Å². The molecule has 0 radical (unpaired) electrons. The molecule has 1 aromatic carbocycles. The number of rotatable bonds is 3. The zero-order valence-corrected chi connectivity index (χ0v) is 10.0. The lowest BCUT2D eigenvalue weighted by molar-refractivity contribution is -0.138. The molecule has 0 saturated carbocycles. The molecular weight excluding hydrogens is 256 g/mol. The van der Waals surface area contributed by atoms with Crippen LogP contribution in [0.3, 0.4) is 0 Å². The molecular formula is C11H10N2O4S. The highest BCUT2D eigenvalue weighted by Crippen LogP contribution is 2.10. The molecule has 0 bridgehead atoms. The Morgan fingerprint density at radius 1 is 1.39 bits per heavy atom. The standard InChI is InChI=1S/C11H10N2O4S/c12-7(10(15)16)5-13-9(14)6-3-1-2-4-8(6)18-11(13)17/h1-4,7H,5,12H2,(H,15,16). The fourth-order valence-corrected chi connectivity index (χ4v) is 2.41. The number of aromatic nitrogens is 1. The fraction of sp³-hybridized carbons (Fsp3) is 0.182. The van der Waals surface area contributed by atoms with Crippen molar-refractivity contribution in [3.8, 4) is 0 Å². The molecule has 6 nitrogen and oxygen atoms in total. The van der Waals surface area contributed by atoms with E-state index in [4.69, 9.17) is 10.8 Å². The minimum absolute atomic E-state index is 0.325. The minimum Gasteiger partial charge on any atom is -0.480 e. The second-order valence-electron chi connectivity index (χ2n) is 3.72. The summed E-state index contributed by atoms with van der Waals surface area (Å²) in [7, 11) is 0. The number of benzene rings is 1. The van der Waals surface area contributed by atoms with Crippen molar-refractivity contribution in [2.75, 3.05) is 0 Å². The molecule has 7 heteroatoms. The lowest BCUT2D eigenvalue weighted by atomic mass is 10.2. The van der Waals surface area contributed by atoms with Crippen LogP contribution in [-0.4, -0.2) is 21.7 Å². The summed E-state index contributed by atoms with van der Waals surface area (Å²) in [5.41, 5.74) is 4.83. The molecule has 3 N–H and O–H groups in total. The Bertz CT molecular complexity index is 719. The number of carboxylic acid groups (broad SMARTS) is 1. The quantitative estimate of drug-likeness (QED) is 0.803. The van der Waals surface area contributed by atoms with Gasteiger partial charge in [-0.05, 0) is 12.1 Å².